The average molecular weight is 304 g/mol. The van der Waals surface area contributed by atoms with Crippen LogP contribution in [0.3, 0.4) is 0 Å². The summed E-state index contributed by atoms with van der Waals surface area (Å²) in [7, 11) is -0.357. The predicted octanol–water partition coefficient (Wildman–Crippen LogP) is 1.80. The molecule has 6 heteroatoms. The fraction of sp³-hybridized carbons (Fsp3) is 0.786. The first-order valence-corrected chi connectivity index (χ1v) is 8.80. The zero-order valence-corrected chi connectivity index (χ0v) is 14.4. The van der Waals surface area contributed by atoms with E-state index in [1.807, 2.05) is 13.8 Å². The van der Waals surface area contributed by atoms with E-state index in [0.29, 0.717) is 6.61 Å². The molecule has 0 amide bonds. The van der Waals surface area contributed by atoms with E-state index in [-0.39, 0.29) is 21.5 Å². The van der Waals surface area contributed by atoms with Crippen LogP contribution in [0.2, 0.25) is 6.04 Å². The van der Waals surface area contributed by atoms with Gasteiger partial charge in [0.1, 0.15) is 0 Å². The smallest absolute Gasteiger partial charge is 0.330 e. The third kappa shape index (κ3) is 10.1. The summed E-state index contributed by atoms with van der Waals surface area (Å²) >= 11 is 0. The Bertz CT molecular complexity index is 264. The number of esters is 1. The van der Waals surface area contributed by atoms with Gasteiger partial charge in [-0.05, 0) is 32.7 Å². The maximum atomic E-state index is 10.5. The minimum Gasteiger partial charge on any atom is -0.463 e. The molecule has 0 atom stereocenters. The first-order valence-electron chi connectivity index (χ1n) is 7.22. The zero-order valence-electron chi connectivity index (χ0n) is 13.0. The van der Waals surface area contributed by atoms with Gasteiger partial charge in [0.25, 0.3) is 0 Å². The van der Waals surface area contributed by atoms with Crippen LogP contribution in [0, 0.1) is 0 Å². The molecule has 1 fully saturated rings. The van der Waals surface area contributed by atoms with Gasteiger partial charge in [-0.25, -0.2) is 4.79 Å². The average Bonchev–Trinajstić information content (AvgIpc) is 2.90. The lowest BCUT2D eigenvalue weighted by molar-refractivity contribution is -0.143. The molecule has 0 bridgehead atoms. The summed E-state index contributed by atoms with van der Waals surface area (Å²) in [4.78, 5) is 10.5. The van der Waals surface area contributed by atoms with Crippen molar-refractivity contribution < 1.29 is 23.4 Å². The van der Waals surface area contributed by atoms with Gasteiger partial charge in [0.2, 0.25) is 0 Å². The van der Waals surface area contributed by atoms with Gasteiger partial charge in [0.05, 0.1) is 19.8 Å². The van der Waals surface area contributed by atoms with Gasteiger partial charge in [-0.1, -0.05) is 13.5 Å². The first kappa shape index (κ1) is 19.3. The molecule has 0 radical (unpaired) electrons. The van der Waals surface area contributed by atoms with Gasteiger partial charge in [-0.2, -0.15) is 0 Å². The fourth-order valence-corrected chi connectivity index (χ4v) is 2.34. The summed E-state index contributed by atoms with van der Waals surface area (Å²) in [5.74, 6) is -0.604. The molecule has 0 aliphatic carbocycles. The second-order valence-corrected chi connectivity index (χ2v) is 5.98. The normalized spacial score (nSPS) is 16.8. The zero-order chi connectivity index (χ0) is 15.3. The Hall–Kier alpha value is -0.693. The maximum Gasteiger partial charge on any atom is 0.330 e. The van der Waals surface area contributed by atoms with Crippen LogP contribution in [-0.4, -0.2) is 47.9 Å². The Morgan fingerprint density at radius 2 is 2.05 bits per heavy atom. The quantitative estimate of drug-likeness (QED) is 0.296. The van der Waals surface area contributed by atoms with Crippen molar-refractivity contribution in [1.29, 1.82) is 0 Å². The third-order valence-corrected chi connectivity index (χ3v) is 4.32. The summed E-state index contributed by atoms with van der Waals surface area (Å²) in [6, 6.07) is 1.07. The van der Waals surface area contributed by atoms with Crippen molar-refractivity contribution in [2.45, 2.75) is 45.4 Å². The molecule has 0 unspecified atom stereocenters. The van der Waals surface area contributed by atoms with Crippen molar-refractivity contribution >= 4 is 15.7 Å². The molecule has 20 heavy (non-hydrogen) atoms. The maximum absolute atomic E-state index is 10.5. The SMILES string of the molecule is C=CC(=O)OCCC[SiH2]OCC.CCC1(C)OCCO1. The van der Waals surface area contributed by atoms with Crippen molar-refractivity contribution in [2.75, 3.05) is 26.4 Å². The standard InChI is InChI=1S/C8H16O3Si.C6H12O2/c1-3-8(9)10-6-5-7-12-11-4-2;1-3-6(2)7-4-5-8-6/h3H,1,4-7,12H2,2H3;3-5H2,1-2H3. The number of carbonyl (C=O) groups excluding carboxylic acids is 1. The fourth-order valence-electron chi connectivity index (χ4n) is 1.44. The topological polar surface area (TPSA) is 54.0 Å². The van der Waals surface area contributed by atoms with E-state index in [2.05, 4.69) is 13.5 Å². The number of carbonyl (C=O) groups is 1. The summed E-state index contributed by atoms with van der Waals surface area (Å²) < 4.78 is 20.6. The van der Waals surface area contributed by atoms with Crippen LogP contribution in [0.25, 0.3) is 0 Å². The third-order valence-electron chi connectivity index (χ3n) is 2.84. The van der Waals surface area contributed by atoms with E-state index in [1.165, 1.54) is 6.08 Å². The molecule has 1 rings (SSSR count). The minimum atomic E-state index is -0.357. The van der Waals surface area contributed by atoms with Gasteiger partial charge in [-0.3, -0.25) is 0 Å². The van der Waals surface area contributed by atoms with Crippen LogP contribution in [0.5, 0.6) is 0 Å². The molecular weight excluding hydrogens is 276 g/mol. The number of rotatable bonds is 8. The Labute approximate surface area is 124 Å². The lowest BCUT2D eigenvalue weighted by Gasteiger charge is -2.18. The molecule has 5 nitrogen and oxygen atoms in total. The molecule has 0 N–H and O–H groups in total. The lowest BCUT2D eigenvalue weighted by atomic mass is 10.2. The Morgan fingerprint density at radius 3 is 2.50 bits per heavy atom. The van der Waals surface area contributed by atoms with E-state index in [1.54, 1.807) is 0 Å². The molecule has 118 valence electrons. The molecule has 0 spiro atoms. The second-order valence-electron chi connectivity index (χ2n) is 4.46. The summed E-state index contributed by atoms with van der Waals surface area (Å²) in [5.41, 5.74) is 0. The predicted molar refractivity (Wildman–Crippen MR) is 81.4 cm³/mol. The van der Waals surface area contributed by atoms with Crippen LogP contribution in [0.4, 0.5) is 0 Å². The van der Waals surface area contributed by atoms with Crippen molar-refractivity contribution in [3.8, 4) is 0 Å². The Kier molecular flexibility index (Phi) is 11.7. The monoisotopic (exact) mass is 304 g/mol. The molecule has 1 heterocycles. The summed E-state index contributed by atoms with van der Waals surface area (Å²) in [5, 5.41) is 0. The first-order chi connectivity index (χ1) is 9.58. The van der Waals surface area contributed by atoms with Crippen LogP contribution in [0.1, 0.15) is 33.6 Å². The summed E-state index contributed by atoms with van der Waals surface area (Å²) in [6.07, 6.45) is 3.03. The van der Waals surface area contributed by atoms with Gasteiger partial charge >= 0.3 is 5.97 Å². The molecule has 0 aromatic rings. The van der Waals surface area contributed by atoms with Crippen molar-refractivity contribution in [1.82, 2.24) is 0 Å². The minimum absolute atomic E-state index is 0.264. The van der Waals surface area contributed by atoms with Gasteiger partial charge in [0, 0.05) is 12.7 Å². The Morgan fingerprint density at radius 1 is 1.40 bits per heavy atom. The lowest BCUT2D eigenvalue weighted by Crippen LogP contribution is -2.23. The van der Waals surface area contributed by atoms with Crippen molar-refractivity contribution in [3.63, 3.8) is 0 Å². The molecular formula is C14H28O5Si. The van der Waals surface area contributed by atoms with Crippen molar-refractivity contribution in [2.24, 2.45) is 0 Å². The van der Waals surface area contributed by atoms with E-state index in [9.17, 15) is 4.79 Å². The van der Waals surface area contributed by atoms with Gasteiger partial charge in [0.15, 0.2) is 15.6 Å². The van der Waals surface area contributed by atoms with Crippen LogP contribution >= 0.6 is 0 Å². The van der Waals surface area contributed by atoms with Crippen molar-refractivity contribution in [3.05, 3.63) is 12.7 Å². The van der Waals surface area contributed by atoms with Gasteiger partial charge in [-0.15, -0.1) is 0 Å². The van der Waals surface area contributed by atoms with Crippen LogP contribution < -0.4 is 0 Å². The number of hydrogen-bond acceptors (Lipinski definition) is 5. The van der Waals surface area contributed by atoms with Crippen LogP contribution in [0.15, 0.2) is 12.7 Å². The molecule has 0 aromatic heterocycles. The largest absolute Gasteiger partial charge is 0.463 e. The number of ether oxygens (including phenoxy) is 3. The highest BCUT2D eigenvalue weighted by Gasteiger charge is 2.27. The van der Waals surface area contributed by atoms with E-state index in [4.69, 9.17) is 18.6 Å². The summed E-state index contributed by atoms with van der Waals surface area (Å²) in [6.45, 7) is 12.1. The highest BCUT2D eigenvalue weighted by atomic mass is 28.2. The molecule has 1 aliphatic heterocycles. The highest BCUT2D eigenvalue weighted by Crippen LogP contribution is 2.21. The second kappa shape index (κ2) is 12.1. The molecule has 1 aliphatic rings. The van der Waals surface area contributed by atoms with E-state index >= 15 is 0 Å². The van der Waals surface area contributed by atoms with Gasteiger partial charge < -0.3 is 18.6 Å². The highest BCUT2D eigenvalue weighted by molar-refractivity contribution is 6.26. The van der Waals surface area contributed by atoms with E-state index < -0.39 is 0 Å². The molecule has 0 saturated carbocycles. The van der Waals surface area contributed by atoms with Crippen LogP contribution in [-0.2, 0) is 23.4 Å². The molecule has 1 saturated heterocycles. The Balaban J connectivity index is 0.000000388. The number of hydrogen-bond donors (Lipinski definition) is 0. The molecule has 0 aromatic carbocycles. The van der Waals surface area contributed by atoms with E-state index in [0.717, 1.165) is 38.7 Å².